The minimum Gasteiger partial charge on any atom is -0.342 e. The van der Waals surface area contributed by atoms with Crippen LogP contribution in [0.25, 0.3) is 0 Å². The number of aromatic nitrogens is 2. The number of carbonyl (C=O) groups excluding carboxylic acids is 2. The average molecular weight is 424 g/mol. The zero-order valence-corrected chi connectivity index (χ0v) is 18.4. The van der Waals surface area contributed by atoms with Crippen molar-refractivity contribution in [3.63, 3.8) is 0 Å². The van der Waals surface area contributed by atoms with Crippen LogP contribution in [0.1, 0.15) is 49.3 Å². The van der Waals surface area contributed by atoms with Gasteiger partial charge >= 0.3 is 0 Å². The highest BCUT2D eigenvalue weighted by Crippen LogP contribution is 2.32. The van der Waals surface area contributed by atoms with Crippen LogP contribution in [0.2, 0.25) is 0 Å². The minimum absolute atomic E-state index is 0.0917. The van der Waals surface area contributed by atoms with E-state index in [9.17, 15) is 14.4 Å². The molecule has 0 unspecified atom stereocenters. The Bertz CT molecular complexity index is 1080. The molecule has 2 amide bonds. The third-order valence-corrected chi connectivity index (χ3v) is 6.07. The third-order valence-electron chi connectivity index (χ3n) is 6.07. The number of carbonyl (C=O) groups is 2. The number of benzene rings is 1. The lowest BCUT2D eigenvalue weighted by atomic mass is 9.91. The van der Waals surface area contributed by atoms with E-state index < -0.39 is 5.92 Å². The predicted molar refractivity (Wildman–Crippen MR) is 121 cm³/mol. The lowest BCUT2D eigenvalue weighted by Gasteiger charge is -2.35. The van der Waals surface area contributed by atoms with Gasteiger partial charge in [-0.1, -0.05) is 26.0 Å². The SMILES string of the molecule is Cc1ccc(C)c(NC(=O)[C@H]2CC(=O)Nc3nc(N4C[C@H](C)C[C@H](C)C4)[nH]c(=O)c32)c1. The van der Waals surface area contributed by atoms with Crippen LogP contribution in [0.15, 0.2) is 23.0 Å². The highest BCUT2D eigenvalue weighted by atomic mass is 16.2. The number of nitrogens with zero attached hydrogens (tertiary/aromatic N) is 2. The van der Waals surface area contributed by atoms with E-state index in [4.69, 9.17) is 0 Å². The first-order valence-electron chi connectivity index (χ1n) is 10.8. The summed E-state index contributed by atoms with van der Waals surface area (Å²) in [5.41, 5.74) is 2.43. The molecule has 164 valence electrons. The second-order valence-electron chi connectivity index (χ2n) is 9.12. The van der Waals surface area contributed by atoms with Crippen molar-refractivity contribution in [2.75, 3.05) is 28.6 Å². The van der Waals surface area contributed by atoms with Gasteiger partial charge < -0.3 is 15.5 Å². The lowest BCUT2D eigenvalue weighted by Crippen LogP contribution is -2.42. The van der Waals surface area contributed by atoms with Gasteiger partial charge in [0.05, 0.1) is 11.5 Å². The molecule has 0 bridgehead atoms. The second kappa shape index (κ2) is 8.17. The molecule has 2 aromatic rings. The molecule has 1 saturated heterocycles. The maximum Gasteiger partial charge on any atom is 0.258 e. The highest BCUT2D eigenvalue weighted by molar-refractivity contribution is 6.04. The number of hydrogen-bond donors (Lipinski definition) is 3. The van der Waals surface area contributed by atoms with Crippen molar-refractivity contribution in [2.45, 2.75) is 46.5 Å². The Morgan fingerprint density at radius 1 is 1.16 bits per heavy atom. The molecular formula is C23H29N5O3. The summed E-state index contributed by atoms with van der Waals surface area (Å²) < 4.78 is 0. The number of rotatable bonds is 3. The van der Waals surface area contributed by atoms with Gasteiger partial charge in [0.1, 0.15) is 5.82 Å². The van der Waals surface area contributed by atoms with Gasteiger partial charge in [0.2, 0.25) is 17.8 Å². The van der Waals surface area contributed by atoms with E-state index in [1.807, 2.05) is 36.9 Å². The fourth-order valence-electron chi connectivity index (χ4n) is 4.66. The van der Waals surface area contributed by atoms with Crippen LogP contribution in [0, 0.1) is 25.7 Å². The molecule has 2 aliphatic heterocycles. The molecule has 8 heteroatoms. The summed E-state index contributed by atoms with van der Waals surface area (Å²) in [4.78, 5) is 47.9. The second-order valence-corrected chi connectivity index (χ2v) is 9.12. The Morgan fingerprint density at radius 2 is 1.87 bits per heavy atom. The summed E-state index contributed by atoms with van der Waals surface area (Å²) in [7, 11) is 0. The topological polar surface area (TPSA) is 107 Å². The fraction of sp³-hybridized carbons (Fsp3) is 0.478. The van der Waals surface area contributed by atoms with Crippen LogP contribution in [0.5, 0.6) is 0 Å². The van der Waals surface area contributed by atoms with Crippen molar-refractivity contribution in [1.29, 1.82) is 0 Å². The standard InChI is InChI=1S/C23H29N5O3/c1-12-5-6-15(4)17(8-12)24-21(30)16-9-18(29)25-20-19(16)22(31)27-23(26-20)28-10-13(2)7-14(3)11-28/h5-6,8,13-14,16H,7,9-11H2,1-4H3,(H,24,30)(H2,25,26,27,29,31)/t13-,14+,16-/m0/s1. The molecule has 3 atom stereocenters. The van der Waals surface area contributed by atoms with Gasteiger partial charge in [-0.25, -0.2) is 0 Å². The lowest BCUT2D eigenvalue weighted by molar-refractivity contribution is -0.123. The highest BCUT2D eigenvalue weighted by Gasteiger charge is 2.35. The number of amides is 2. The van der Waals surface area contributed by atoms with Gasteiger partial charge in [-0.3, -0.25) is 19.4 Å². The Labute approximate surface area is 181 Å². The van der Waals surface area contributed by atoms with E-state index in [1.165, 1.54) is 0 Å². The number of aryl methyl sites for hydroxylation is 2. The largest absolute Gasteiger partial charge is 0.342 e. The van der Waals surface area contributed by atoms with Crippen molar-refractivity contribution in [2.24, 2.45) is 11.8 Å². The van der Waals surface area contributed by atoms with E-state index in [0.29, 0.717) is 23.5 Å². The zero-order chi connectivity index (χ0) is 22.3. The molecule has 8 nitrogen and oxygen atoms in total. The molecule has 0 aliphatic carbocycles. The zero-order valence-electron chi connectivity index (χ0n) is 18.4. The van der Waals surface area contributed by atoms with Gasteiger partial charge in [-0.15, -0.1) is 0 Å². The van der Waals surface area contributed by atoms with E-state index in [0.717, 1.165) is 30.6 Å². The number of hydrogen-bond acceptors (Lipinski definition) is 5. The van der Waals surface area contributed by atoms with Crippen LogP contribution >= 0.6 is 0 Å². The number of nitrogens with one attached hydrogen (secondary N) is 3. The Morgan fingerprint density at radius 3 is 2.58 bits per heavy atom. The van der Waals surface area contributed by atoms with Crippen LogP contribution in [0.4, 0.5) is 17.5 Å². The van der Waals surface area contributed by atoms with E-state index >= 15 is 0 Å². The molecule has 1 fully saturated rings. The molecule has 3 N–H and O–H groups in total. The van der Waals surface area contributed by atoms with Crippen molar-refractivity contribution in [3.8, 4) is 0 Å². The van der Waals surface area contributed by atoms with Crippen LogP contribution in [-0.2, 0) is 9.59 Å². The number of H-pyrrole nitrogens is 1. The van der Waals surface area contributed by atoms with Crippen molar-refractivity contribution >= 4 is 29.3 Å². The third kappa shape index (κ3) is 4.33. The van der Waals surface area contributed by atoms with E-state index in [2.05, 4.69) is 34.4 Å². The number of aromatic amines is 1. The summed E-state index contributed by atoms with van der Waals surface area (Å²) >= 11 is 0. The Balaban J connectivity index is 1.66. The molecular weight excluding hydrogens is 394 g/mol. The van der Waals surface area contributed by atoms with Gasteiger partial charge in [0.15, 0.2) is 0 Å². The van der Waals surface area contributed by atoms with Crippen LogP contribution in [0.3, 0.4) is 0 Å². The molecule has 0 radical (unpaired) electrons. The summed E-state index contributed by atoms with van der Waals surface area (Å²) in [6.07, 6.45) is 1.04. The van der Waals surface area contributed by atoms with Gasteiger partial charge in [0.25, 0.3) is 5.56 Å². The van der Waals surface area contributed by atoms with Crippen molar-refractivity contribution < 1.29 is 9.59 Å². The maximum atomic E-state index is 13.1. The van der Waals surface area contributed by atoms with Crippen LogP contribution in [-0.4, -0.2) is 34.9 Å². The van der Waals surface area contributed by atoms with Crippen LogP contribution < -0.4 is 21.1 Å². The summed E-state index contributed by atoms with van der Waals surface area (Å²) in [5, 5.41) is 5.58. The molecule has 2 aliphatic rings. The molecule has 1 aromatic carbocycles. The quantitative estimate of drug-likeness (QED) is 0.704. The molecule has 1 aromatic heterocycles. The fourth-order valence-corrected chi connectivity index (χ4v) is 4.66. The van der Waals surface area contributed by atoms with E-state index in [-0.39, 0.29) is 35.2 Å². The first-order chi connectivity index (χ1) is 14.7. The Kier molecular flexibility index (Phi) is 5.56. The first-order valence-corrected chi connectivity index (χ1v) is 10.8. The molecule has 3 heterocycles. The molecule has 4 rings (SSSR count). The minimum atomic E-state index is -0.895. The monoisotopic (exact) mass is 423 g/mol. The normalized spacial score (nSPS) is 23.2. The van der Waals surface area contributed by atoms with Gasteiger partial charge in [0, 0.05) is 25.2 Å². The number of fused-ring (bicyclic) bond motifs is 1. The van der Waals surface area contributed by atoms with Crippen molar-refractivity contribution in [3.05, 3.63) is 45.2 Å². The predicted octanol–water partition coefficient (Wildman–Crippen LogP) is 2.93. The summed E-state index contributed by atoms with van der Waals surface area (Å²) in [6.45, 7) is 9.77. The average Bonchev–Trinajstić information content (AvgIpc) is 2.69. The molecule has 0 spiro atoms. The molecule has 0 saturated carbocycles. The first kappa shape index (κ1) is 21.1. The summed E-state index contributed by atoms with van der Waals surface area (Å²) in [5.74, 6) is -0.0113. The number of anilines is 3. The maximum absolute atomic E-state index is 13.1. The molecule has 31 heavy (non-hydrogen) atoms. The number of piperidine rings is 1. The summed E-state index contributed by atoms with van der Waals surface area (Å²) in [6, 6.07) is 5.77. The van der Waals surface area contributed by atoms with Gasteiger partial charge in [-0.05, 0) is 49.3 Å². The van der Waals surface area contributed by atoms with E-state index in [1.54, 1.807) is 0 Å². The van der Waals surface area contributed by atoms with Gasteiger partial charge in [-0.2, -0.15) is 4.98 Å². The smallest absolute Gasteiger partial charge is 0.258 e. The van der Waals surface area contributed by atoms with Crippen molar-refractivity contribution in [1.82, 2.24) is 9.97 Å². The Hall–Kier alpha value is -3.16.